The van der Waals surface area contributed by atoms with Crippen LogP contribution in [0.1, 0.15) is 33.9 Å². The predicted octanol–water partition coefficient (Wildman–Crippen LogP) is 2.91. The summed E-state index contributed by atoms with van der Waals surface area (Å²) in [5, 5.41) is 14.0. The topological polar surface area (TPSA) is 64.9 Å². The Labute approximate surface area is 147 Å². The van der Waals surface area contributed by atoms with Crippen molar-refractivity contribution in [3.63, 3.8) is 0 Å². The number of carboxylic acid groups (broad SMARTS) is 1. The Morgan fingerprint density at radius 2 is 1.92 bits per heavy atom. The van der Waals surface area contributed by atoms with Crippen LogP contribution in [0.2, 0.25) is 0 Å². The Balaban J connectivity index is 1.55. The van der Waals surface area contributed by atoms with Gasteiger partial charge in [0.2, 0.25) is 0 Å². The molecule has 2 aliphatic rings. The first-order valence-corrected chi connectivity index (χ1v) is 8.63. The van der Waals surface area contributed by atoms with Gasteiger partial charge < -0.3 is 10.5 Å². The quantitative estimate of drug-likeness (QED) is 0.902. The van der Waals surface area contributed by atoms with Gasteiger partial charge in [-0.3, -0.25) is 4.90 Å². The molecule has 2 heterocycles. The molecular formula is C20H21N3O2. The summed E-state index contributed by atoms with van der Waals surface area (Å²) in [6, 6.07) is 17.6. The molecule has 1 saturated heterocycles. The van der Waals surface area contributed by atoms with Gasteiger partial charge in [-0.25, -0.2) is 4.79 Å². The number of piperidine rings is 1. The first-order chi connectivity index (χ1) is 12.2. The minimum absolute atomic E-state index is 0.0686. The van der Waals surface area contributed by atoms with E-state index in [1.807, 2.05) is 18.2 Å². The molecule has 2 aromatic carbocycles. The standard InChI is InChI=1S/C20H21N3O2/c24-20(25)16-9-5-4-8-15(16)19-17-13-23(11-10-18(17)21-22-19)12-14-6-2-1-3-7-14/h1-9,17,19,22H,10-13H2,(H,24,25). The zero-order valence-corrected chi connectivity index (χ0v) is 13.9. The van der Waals surface area contributed by atoms with Gasteiger partial charge in [-0.15, -0.1) is 0 Å². The summed E-state index contributed by atoms with van der Waals surface area (Å²) in [6.45, 7) is 2.79. The van der Waals surface area contributed by atoms with E-state index in [1.165, 1.54) is 5.56 Å². The fourth-order valence-electron chi connectivity index (χ4n) is 3.85. The number of nitrogens with one attached hydrogen (secondary N) is 1. The number of hydrogen-bond donors (Lipinski definition) is 2. The monoisotopic (exact) mass is 335 g/mol. The lowest BCUT2D eigenvalue weighted by Crippen LogP contribution is -2.41. The number of benzene rings is 2. The van der Waals surface area contributed by atoms with Crippen LogP contribution >= 0.6 is 0 Å². The van der Waals surface area contributed by atoms with Crippen LogP contribution in [0.25, 0.3) is 0 Å². The number of carbonyl (C=O) groups is 1. The molecule has 2 aromatic rings. The largest absolute Gasteiger partial charge is 0.478 e. The Morgan fingerprint density at radius 3 is 2.72 bits per heavy atom. The van der Waals surface area contributed by atoms with Gasteiger partial charge in [-0.05, 0) is 17.2 Å². The molecule has 0 aliphatic carbocycles. The number of carboxylic acids is 1. The Morgan fingerprint density at radius 1 is 1.16 bits per heavy atom. The predicted molar refractivity (Wildman–Crippen MR) is 96.5 cm³/mol. The number of fused-ring (bicyclic) bond motifs is 1. The highest BCUT2D eigenvalue weighted by atomic mass is 16.4. The highest BCUT2D eigenvalue weighted by molar-refractivity contribution is 5.92. The summed E-state index contributed by atoms with van der Waals surface area (Å²) in [4.78, 5) is 14.0. The van der Waals surface area contributed by atoms with Crippen molar-refractivity contribution < 1.29 is 9.90 Å². The summed E-state index contributed by atoms with van der Waals surface area (Å²) in [5.41, 5.74) is 6.83. The summed E-state index contributed by atoms with van der Waals surface area (Å²) < 4.78 is 0. The van der Waals surface area contributed by atoms with E-state index in [1.54, 1.807) is 12.1 Å². The van der Waals surface area contributed by atoms with Crippen LogP contribution in [-0.2, 0) is 6.54 Å². The van der Waals surface area contributed by atoms with Crippen LogP contribution in [0, 0.1) is 5.92 Å². The van der Waals surface area contributed by atoms with E-state index in [4.69, 9.17) is 0 Å². The molecule has 0 saturated carbocycles. The van der Waals surface area contributed by atoms with Crippen molar-refractivity contribution in [1.29, 1.82) is 0 Å². The van der Waals surface area contributed by atoms with Crippen LogP contribution in [0.4, 0.5) is 0 Å². The Hall–Kier alpha value is -2.66. The average molecular weight is 335 g/mol. The first-order valence-electron chi connectivity index (χ1n) is 8.63. The zero-order valence-electron chi connectivity index (χ0n) is 13.9. The Bertz CT molecular complexity index is 804. The minimum Gasteiger partial charge on any atom is -0.478 e. The van der Waals surface area contributed by atoms with Crippen LogP contribution in [0.15, 0.2) is 59.7 Å². The number of hydrazone groups is 1. The second-order valence-corrected chi connectivity index (χ2v) is 6.68. The zero-order chi connectivity index (χ0) is 17.2. The summed E-state index contributed by atoms with van der Waals surface area (Å²) in [6.07, 6.45) is 0.927. The third kappa shape index (κ3) is 3.15. The van der Waals surface area contributed by atoms with Crippen LogP contribution in [0.5, 0.6) is 0 Å². The maximum atomic E-state index is 11.6. The molecule has 2 aliphatic heterocycles. The molecular weight excluding hydrogens is 314 g/mol. The van der Waals surface area contributed by atoms with E-state index in [-0.39, 0.29) is 12.0 Å². The summed E-state index contributed by atoms with van der Waals surface area (Å²) in [5.74, 6) is -0.666. The van der Waals surface area contributed by atoms with Gasteiger partial charge in [-0.2, -0.15) is 5.10 Å². The van der Waals surface area contributed by atoms with Gasteiger partial charge >= 0.3 is 5.97 Å². The Kier molecular flexibility index (Phi) is 4.24. The molecule has 2 N–H and O–H groups in total. The summed E-state index contributed by atoms with van der Waals surface area (Å²) >= 11 is 0. The number of nitrogens with zero attached hydrogens (tertiary/aromatic N) is 2. The highest BCUT2D eigenvalue weighted by Crippen LogP contribution is 2.34. The molecule has 2 atom stereocenters. The van der Waals surface area contributed by atoms with Crippen molar-refractivity contribution in [1.82, 2.24) is 10.3 Å². The lowest BCUT2D eigenvalue weighted by atomic mass is 9.84. The third-order valence-electron chi connectivity index (χ3n) is 5.09. The van der Waals surface area contributed by atoms with E-state index >= 15 is 0 Å². The molecule has 0 radical (unpaired) electrons. The lowest BCUT2D eigenvalue weighted by molar-refractivity contribution is 0.0694. The fourth-order valence-corrected chi connectivity index (χ4v) is 3.85. The van der Waals surface area contributed by atoms with E-state index in [9.17, 15) is 9.90 Å². The van der Waals surface area contributed by atoms with Gasteiger partial charge in [0.05, 0.1) is 11.6 Å². The SMILES string of the molecule is O=C(O)c1ccccc1C1NN=C2CCN(Cc3ccccc3)CC21. The van der Waals surface area contributed by atoms with E-state index in [0.717, 1.165) is 37.3 Å². The molecule has 5 heteroatoms. The van der Waals surface area contributed by atoms with Crippen molar-refractivity contribution in [2.75, 3.05) is 13.1 Å². The molecule has 128 valence electrons. The molecule has 0 amide bonds. The molecule has 0 aromatic heterocycles. The van der Waals surface area contributed by atoms with Gasteiger partial charge in [0.15, 0.2) is 0 Å². The van der Waals surface area contributed by atoms with Crippen molar-refractivity contribution in [2.45, 2.75) is 19.0 Å². The van der Waals surface area contributed by atoms with Crippen LogP contribution < -0.4 is 5.43 Å². The van der Waals surface area contributed by atoms with E-state index < -0.39 is 5.97 Å². The number of hydrogen-bond acceptors (Lipinski definition) is 4. The molecule has 4 rings (SSSR count). The number of aromatic carboxylic acids is 1. The number of rotatable bonds is 4. The molecule has 5 nitrogen and oxygen atoms in total. The summed E-state index contributed by atoms with van der Waals surface area (Å²) in [7, 11) is 0. The molecule has 25 heavy (non-hydrogen) atoms. The van der Waals surface area contributed by atoms with Gasteiger partial charge in [0.1, 0.15) is 0 Å². The van der Waals surface area contributed by atoms with Crippen LogP contribution in [0.3, 0.4) is 0 Å². The molecule has 1 fully saturated rings. The van der Waals surface area contributed by atoms with Crippen LogP contribution in [-0.4, -0.2) is 34.8 Å². The third-order valence-corrected chi connectivity index (χ3v) is 5.09. The van der Waals surface area contributed by atoms with Gasteiger partial charge in [-0.1, -0.05) is 48.5 Å². The first kappa shape index (κ1) is 15.8. The highest BCUT2D eigenvalue weighted by Gasteiger charge is 2.38. The fraction of sp³-hybridized carbons (Fsp3) is 0.300. The molecule has 0 spiro atoms. The number of likely N-dealkylation sites (tertiary alicyclic amines) is 1. The van der Waals surface area contributed by atoms with Gasteiger partial charge in [0, 0.05) is 37.7 Å². The van der Waals surface area contributed by atoms with E-state index in [0.29, 0.717) is 5.56 Å². The second kappa shape index (κ2) is 6.69. The van der Waals surface area contributed by atoms with Crippen molar-refractivity contribution in [3.8, 4) is 0 Å². The normalized spacial score (nSPS) is 22.8. The van der Waals surface area contributed by atoms with Gasteiger partial charge in [0.25, 0.3) is 0 Å². The van der Waals surface area contributed by atoms with Crippen molar-refractivity contribution in [3.05, 3.63) is 71.3 Å². The van der Waals surface area contributed by atoms with Crippen molar-refractivity contribution >= 4 is 11.7 Å². The minimum atomic E-state index is -0.886. The lowest BCUT2D eigenvalue weighted by Gasteiger charge is -2.34. The molecule has 0 bridgehead atoms. The molecule has 2 unspecified atom stereocenters. The van der Waals surface area contributed by atoms with E-state index in [2.05, 4.69) is 39.7 Å². The average Bonchev–Trinajstić information content (AvgIpc) is 3.05. The maximum Gasteiger partial charge on any atom is 0.336 e. The van der Waals surface area contributed by atoms with Crippen molar-refractivity contribution in [2.24, 2.45) is 11.0 Å². The smallest absolute Gasteiger partial charge is 0.336 e. The maximum absolute atomic E-state index is 11.6. The second-order valence-electron chi connectivity index (χ2n) is 6.68.